The number of hydrogen-bond donors (Lipinski definition) is 2. The Bertz CT molecular complexity index is 379. The zero-order valence-electron chi connectivity index (χ0n) is 10.2. The predicted octanol–water partition coefficient (Wildman–Crippen LogP) is 0.0422. The van der Waals surface area contributed by atoms with Gasteiger partial charge in [-0.05, 0) is 6.92 Å². The highest BCUT2D eigenvalue weighted by atomic mass is 16.5. The number of nitrogens with zero attached hydrogens (tertiary/aromatic N) is 4. The molecule has 0 fully saturated rings. The molecule has 0 spiro atoms. The van der Waals surface area contributed by atoms with E-state index in [1.54, 1.807) is 13.3 Å². The van der Waals surface area contributed by atoms with Crippen molar-refractivity contribution in [3.05, 3.63) is 18.1 Å². The maximum atomic E-state index is 8.49. The number of hydrogen-bond acceptors (Lipinski definition) is 6. The fourth-order valence-electron chi connectivity index (χ4n) is 1.27. The minimum Gasteiger partial charge on any atom is -0.409 e. The molecular weight excluding hydrogens is 222 g/mol. The summed E-state index contributed by atoms with van der Waals surface area (Å²) in [6.45, 7) is 2.61. The minimum atomic E-state index is -0.0587. The molecule has 17 heavy (non-hydrogen) atoms. The molecule has 0 aliphatic rings. The van der Waals surface area contributed by atoms with Gasteiger partial charge in [0.05, 0.1) is 25.0 Å². The van der Waals surface area contributed by atoms with Crippen LogP contribution in [-0.2, 0) is 4.74 Å². The van der Waals surface area contributed by atoms with Gasteiger partial charge in [0.15, 0.2) is 5.84 Å². The van der Waals surface area contributed by atoms with Crippen LogP contribution in [0.5, 0.6) is 0 Å². The van der Waals surface area contributed by atoms with Crippen LogP contribution in [0.25, 0.3) is 0 Å². The number of aromatic nitrogens is 2. The van der Waals surface area contributed by atoms with Crippen LogP contribution in [0.3, 0.4) is 0 Å². The van der Waals surface area contributed by atoms with E-state index in [4.69, 9.17) is 15.7 Å². The van der Waals surface area contributed by atoms with Crippen molar-refractivity contribution in [2.24, 2.45) is 10.9 Å². The third-order valence-electron chi connectivity index (χ3n) is 2.44. The number of oxime groups is 1. The molecule has 0 aliphatic heterocycles. The van der Waals surface area contributed by atoms with E-state index in [9.17, 15) is 0 Å². The lowest BCUT2D eigenvalue weighted by Gasteiger charge is -2.24. The highest BCUT2D eigenvalue weighted by molar-refractivity contribution is 5.94. The molecule has 7 heteroatoms. The number of amidine groups is 1. The summed E-state index contributed by atoms with van der Waals surface area (Å²) in [6, 6.07) is 0.184. The average molecular weight is 239 g/mol. The SMILES string of the molecule is COCC(C)N(C)c1cnc(C(N)=NO)cn1. The van der Waals surface area contributed by atoms with Gasteiger partial charge in [0.25, 0.3) is 0 Å². The molecule has 0 aliphatic carbocycles. The molecule has 3 N–H and O–H groups in total. The Labute approximate surface area is 99.9 Å². The number of anilines is 1. The Kier molecular flexibility index (Phi) is 4.65. The molecule has 0 bridgehead atoms. The van der Waals surface area contributed by atoms with Crippen LogP contribution in [0.1, 0.15) is 12.6 Å². The van der Waals surface area contributed by atoms with Crippen molar-refractivity contribution in [1.29, 1.82) is 0 Å². The van der Waals surface area contributed by atoms with Crippen molar-refractivity contribution in [1.82, 2.24) is 9.97 Å². The van der Waals surface area contributed by atoms with E-state index in [0.717, 1.165) is 0 Å². The van der Waals surface area contributed by atoms with E-state index in [1.807, 2.05) is 18.9 Å². The molecule has 0 saturated carbocycles. The lowest BCUT2D eigenvalue weighted by Crippen LogP contribution is -2.33. The van der Waals surface area contributed by atoms with Gasteiger partial charge < -0.3 is 20.6 Å². The van der Waals surface area contributed by atoms with Gasteiger partial charge in [-0.25, -0.2) is 9.97 Å². The first-order chi connectivity index (χ1) is 8.10. The van der Waals surface area contributed by atoms with Crippen LogP contribution in [-0.4, -0.2) is 47.8 Å². The van der Waals surface area contributed by atoms with Crippen molar-refractivity contribution < 1.29 is 9.94 Å². The Morgan fingerprint density at radius 2 is 2.29 bits per heavy atom. The van der Waals surface area contributed by atoms with Crippen molar-refractivity contribution in [3.63, 3.8) is 0 Å². The molecular formula is C10H17N5O2. The van der Waals surface area contributed by atoms with E-state index < -0.39 is 0 Å². The molecule has 0 aromatic carbocycles. The summed E-state index contributed by atoms with van der Waals surface area (Å²) in [5, 5.41) is 11.3. The van der Waals surface area contributed by atoms with E-state index in [2.05, 4.69) is 15.1 Å². The number of rotatable bonds is 5. The molecule has 1 unspecified atom stereocenters. The molecule has 0 radical (unpaired) electrons. The van der Waals surface area contributed by atoms with Crippen LogP contribution in [0, 0.1) is 0 Å². The van der Waals surface area contributed by atoms with Gasteiger partial charge in [0, 0.05) is 14.2 Å². The molecule has 1 aromatic heterocycles. The second-order valence-corrected chi connectivity index (χ2v) is 3.66. The molecule has 1 rings (SSSR count). The van der Waals surface area contributed by atoms with Gasteiger partial charge >= 0.3 is 0 Å². The van der Waals surface area contributed by atoms with Crippen LogP contribution in [0.2, 0.25) is 0 Å². The van der Waals surface area contributed by atoms with Crippen molar-refractivity contribution in [3.8, 4) is 0 Å². The van der Waals surface area contributed by atoms with E-state index in [1.165, 1.54) is 6.20 Å². The molecule has 94 valence electrons. The lowest BCUT2D eigenvalue weighted by molar-refractivity contribution is 0.183. The highest BCUT2D eigenvalue weighted by Gasteiger charge is 2.11. The van der Waals surface area contributed by atoms with Gasteiger partial charge in [0.1, 0.15) is 11.5 Å². The molecule has 0 amide bonds. The summed E-state index contributed by atoms with van der Waals surface area (Å²) < 4.78 is 5.06. The van der Waals surface area contributed by atoms with Crippen LogP contribution >= 0.6 is 0 Å². The van der Waals surface area contributed by atoms with Gasteiger partial charge in [-0.2, -0.15) is 0 Å². The maximum Gasteiger partial charge on any atom is 0.190 e. The van der Waals surface area contributed by atoms with Gasteiger partial charge in [-0.1, -0.05) is 5.16 Å². The Balaban J connectivity index is 2.80. The van der Waals surface area contributed by atoms with Gasteiger partial charge in [-0.15, -0.1) is 0 Å². The molecule has 1 heterocycles. The zero-order chi connectivity index (χ0) is 12.8. The van der Waals surface area contributed by atoms with Crippen molar-refractivity contribution >= 4 is 11.7 Å². The number of ether oxygens (including phenoxy) is 1. The largest absolute Gasteiger partial charge is 0.409 e. The zero-order valence-corrected chi connectivity index (χ0v) is 10.2. The maximum absolute atomic E-state index is 8.49. The first-order valence-electron chi connectivity index (χ1n) is 5.11. The highest BCUT2D eigenvalue weighted by Crippen LogP contribution is 2.10. The van der Waals surface area contributed by atoms with Crippen molar-refractivity contribution in [2.75, 3.05) is 25.7 Å². The monoisotopic (exact) mass is 239 g/mol. The Morgan fingerprint density at radius 3 is 2.76 bits per heavy atom. The van der Waals surface area contributed by atoms with E-state index in [0.29, 0.717) is 18.1 Å². The van der Waals surface area contributed by atoms with Gasteiger partial charge in [0.2, 0.25) is 0 Å². The molecule has 7 nitrogen and oxygen atoms in total. The molecule has 1 atom stereocenters. The van der Waals surface area contributed by atoms with Crippen LogP contribution in [0.15, 0.2) is 17.5 Å². The number of likely N-dealkylation sites (N-methyl/N-ethyl adjacent to an activating group) is 1. The minimum absolute atomic E-state index is 0.0587. The summed E-state index contributed by atoms with van der Waals surface area (Å²) in [4.78, 5) is 10.2. The standard InChI is InChI=1S/C10H17N5O2/c1-7(6-17-3)15(2)9-5-12-8(4-13-9)10(11)14-16/h4-5,7,16H,6H2,1-3H3,(H2,11,14). The third kappa shape index (κ3) is 3.28. The fraction of sp³-hybridized carbons (Fsp3) is 0.500. The molecule has 1 aromatic rings. The van der Waals surface area contributed by atoms with Crippen LogP contribution in [0.4, 0.5) is 5.82 Å². The van der Waals surface area contributed by atoms with Gasteiger partial charge in [-0.3, -0.25) is 0 Å². The van der Waals surface area contributed by atoms with Crippen LogP contribution < -0.4 is 10.6 Å². The lowest BCUT2D eigenvalue weighted by atomic mass is 10.3. The summed E-state index contributed by atoms with van der Waals surface area (Å²) >= 11 is 0. The smallest absolute Gasteiger partial charge is 0.190 e. The first kappa shape index (κ1) is 13.2. The summed E-state index contributed by atoms with van der Waals surface area (Å²) in [7, 11) is 3.55. The Hall–Kier alpha value is -1.89. The third-order valence-corrected chi connectivity index (χ3v) is 2.44. The second kappa shape index (κ2) is 6.00. The normalized spacial score (nSPS) is 13.5. The summed E-state index contributed by atoms with van der Waals surface area (Å²) in [6.07, 6.45) is 3.03. The predicted molar refractivity (Wildman–Crippen MR) is 64.3 cm³/mol. The molecule has 0 saturated heterocycles. The fourth-order valence-corrected chi connectivity index (χ4v) is 1.27. The quantitative estimate of drug-likeness (QED) is 0.326. The first-order valence-corrected chi connectivity index (χ1v) is 5.11. The summed E-state index contributed by atoms with van der Waals surface area (Å²) in [5.74, 6) is 0.640. The van der Waals surface area contributed by atoms with E-state index in [-0.39, 0.29) is 11.9 Å². The summed E-state index contributed by atoms with van der Waals surface area (Å²) in [5.41, 5.74) is 5.73. The topological polar surface area (TPSA) is 96.9 Å². The number of methoxy groups -OCH3 is 1. The van der Waals surface area contributed by atoms with Crippen molar-refractivity contribution in [2.45, 2.75) is 13.0 Å². The Morgan fingerprint density at radius 1 is 1.59 bits per heavy atom. The average Bonchev–Trinajstić information content (AvgIpc) is 2.37. The number of nitrogens with two attached hydrogens (primary N) is 1. The van der Waals surface area contributed by atoms with E-state index >= 15 is 0 Å². The second-order valence-electron chi connectivity index (χ2n) is 3.66.